The number of ether oxygens (including phenoxy) is 1. The third-order valence-electron chi connectivity index (χ3n) is 3.48. The highest BCUT2D eigenvalue weighted by atomic mass is 16.5. The second kappa shape index (κ2) is 6.18. The molecular weight excluding hydrogens is 210 g/mol. The molecule has 0 radical (unpaired) electrons. The molecule has 0 aliphatic heterocycles. The molecule has 0 aromatic heterocycles. The largest absolute Gasteiger partial charge is 0.383 e. The van der Waals surface area contributed by atoms with E-state index in [0.717, 1.165) is 25.5 Å². The Morgan fingerprint density at radius 1 is 1.29 bits per heavy atom. The predicted molar refractivity (Wildman–Crippen MR) is 71.2 cm³/mol. The van der Waals surface area contributed by atoms with E-state index in [-0.39, 0.29) is 0 Å². The molecule has 1 aliphatic carbocycles. The zero-order valence-electron chi connectivity index (χ0n) is 10.9. The first-order valence-corrected chi connectivity index (χ1v) is 6.64. The molecule has 2 rings (SSSR count). The van der Waals surface area contributed by atoms with Crippen LogP contribution in [0.4, 0.5) is 0 Å². The summed E-state index contributed by atoms with van der Waals surface area (Å²) in [6, 6.07) is 9.53. The van der Waals surface area contributed by atoms with E-state index < -0.39 is 0 Å². The summed E-state index contributed by atoms with van der Waals surface area (Å²) in [5.74, 6) is 0.855. The highest BCUT2D eigenvalue weighted by Crippen LogP contribution is 2.39. The van der Waals surface area contributed by atoms with Crippen LogP contribution in [0, 0.1) is 0 Å². The second-order valence-corrected chi connectivity index (χ2v) is 4.96. The van der Waals surface area contributed by atoms with Crippen LogP contribution in [0.5, 0.6) is 0 Å². The molecule has 17 heavy (non-hydrogen) atoms. The van der Waals surface area contributed by atoms with Crippen molar-refractivity contribution in [2.45, 2.75) is 44.7 Å². The molecule has 1 N–H and O–H groups in total. The predicted octanol–water partition coefficient (Wildman–Crippen LogP) is 3.08. The number of methoxy groups -OCH3 is 1. The van der Waals surface area contributed by atoms with E-state index in [4.69, 9.17) is 4.74 Å². The summed E-state index contributed by atoms with van der Waals surface area (Å²) in [5.41, 5.74) is 2.88. The van der Waals surface area contributed by atoms with E-state index >= 15 is 0 Å². The topological polar surface area (TPSA) is 21.3 Å². The number of benzene rings is 1. The maximum atomic E-state index is 5.18. The molecule has 2 heteroatoms. The number of nitrogens with one attached hydrogen (secondary N) is 1. The molecule has 94 valence electrons. The van der Waals surface area contributed by atoms with Crippen molar-refractivity contribution in [1.29, 1.82) is 0 Å². The van der Waals surface area contributed by atoms with Crippen molar-refractivity contribution in [2.75, 3.05) is 13.7 Å². The Hall–Kier alpha value is -0.860. The van der Waals surface area contributed by atoms with Gasteiger partial charge in [0.25, 0.3) is 0 Å². The van der Waals surface area contributed by atoms with Gasteiger partial charge in [0.2, 0.25) is 0 Å². The normalized spacial score (nSPS) is 17.1. The molecule has 0 bridgehead atoms. The lowest BCUT2D eigenvalue weighted by molar-refractivity contribution is 0.164. The molecule has 1 saturated carbocycles. The first-order chi connectivity index (χ1) is 8.33. The van der Waals surface area contributed by atoms with Crippen LogP contribution in [0.3, 0.4) is 0 Å². The third-order valence-corrected chi connectivity index (χ3v) is 3.48. The monoisotopic (exact) mass is 233 g/mol. The van der Waals surface area contributed by atoms with Gasteiger partial charge in [0.05, 0.1) is 6.61 Å². The molecular formula is C15H23NO. The lowest BCUT2D eigenvalue weighted by Gasteiger charge is -2.16. The zero-order chi connectivity index (χ0) is 12.1. The van der Waals surface area contributed by atoms with Crippen molar-refractivity contribution in [1.82, 2.24) is 5.32 Å². The average molecular weight is 233 g/mol. The van der Waals surface area contributed by atoms with Gasteiger partial charge in [-0.05, 0) is 36.3 Å². The molecule has 2 nitrogen and oxygen atoms in total. The number of hydrogen-bond donors (Lipinski definition) is 1. The van der Waals surface area contributed by atoms with Gasteiger partial charge in [0.15, 0.2) is 0 Å². The van der Waals surface area contributed by atoms with Gasteiger partial charge in [0, 0.05) is 19.7 Å². The minimum absolute atomic E-state index is 0.461. The van der Waals surface area contributed by atoms with Crippen molar-refractivity contribution < 1.29 is 4.74 Å². The van der Waals surface area contributed by atoms with Crippen LogP contribution in [-0.2, 0) is 11.3 Å². The Balaban J connectivity index is 1.81. The van der Waals surface area contributed by atoms with Gasteiger partial charge < -0.3 is 10.1 Å². The molecule has 1 atom stereocenters. The van der Waals surface area contributed by atoms with Crippen molar-refractivity contribution >= 4 is 0 Å². The van der Waals surface area contributed by atoms with Crippen LogP contribution in [0.2, 0.25) is 0 Å². The van der Waals surface area contributed by atoms with Crippen molar-refractivity contribution in [3.05, 3.63) is 35.4 Å². The van der Waals surface area contributed by atoms with E-state index in [1.54, 1.807) is 7.11 Å². The van der Waals surface area contributed by atoms with Gasteiger partial charge in [-0.2, -0.15) is 0 Å². The van der Waals surface area contributed by atoms with Gasteiger partial charge >= 0.3 is 0 Å². The van der Waals surface area contributed by atoms with Gasteiger partial charge in [-0.1, -0.05) is 31.2 Å². The highest BCUT2D eigenvalue weighted by molar-refractivity contribution is 5.27. The van der Waals surface area contributed by atoms with Crippen LogP contribution >= 0.6 is 0 Å². The summed E-state index contributed by atoms with van der Waals surface area (Å²) in [6.45, 7) is 3.91. The standard InChI is InChI=1S/C15H23NO/c1-3-15(11-17-2)16-10-12-4-6-13(7-5-12)14-8-9-14/h4-7,14-16H,3,8-11H2,1-2H3. The molecule has 0 heterocycles. The molecule has 1 fully saturated rings. The lowest BCUT2D eigenvalue weighted by Crippen LogP contribution is -2.31. The molecule has 1 aromatic carbocycles. The molecule has 0 spiro atoms. The third kappa shape index (κ3) is 3.83. The minimum atomic E-state index is 0.461. The smallest absolute Gasteiger partial charge is 0.0615 e. The van der Waals surface area contributed by atoms with Gasteiger partial charge in [-0.25, -0.2) is 0 Å². The summed E-state index contributed by atoms with van der Waals surface area (Å²) >= 11 is 0. The minimum Gasteiger partial charge on any atom is -0.383 e. The van der Waals surface area contributed by atoms with Crippen LogP contribution < -0.4 is 5.32 Å². The van der Waals surface area contributed by atoms with Crippen LogP contribution in [0.1, 0.15) is 43.2 Å². The quantitative estimate of drug-likeness (QED) is 0.781. The van der Waals surface area contributed by atoms with Crippen molar-refractivity contribution in [3.63, 3.8) is 0 Å². The summed E-state index contributed by atoms with van der Waals surface area (Å²) in [4.78, 5) is 0. The Morgan fingerprint density at radius 3 is 2.53 bits per heavy atom. The van der Waals surface area contributed by atoms with Crippen molar-refractivity contribution in [3.8, 4) is 0 Å². The van der Waals surface area contributed by atoms with Crippen LogP contribution in [-0.4, -0.2) is 19.8 Å². The van der Waals surface area contributed by atoms with Gasteiger partial charge in [-0.3, -0.25) is 0 Å². The van der Waals surface area contributed by atoms with Crippen molar-refractivity contribution in [2.24, 2.45) is 0 Å². The Kier molecular flexibility index (Phi) is 4.57. The zero-order valence-corrected chi connectivity index (χ0v) is 10.9. The first-order valence-electron chi connectivity index (χ1n) is 6.64. The number of hydrogen-bond acceptors (Lipinski definition) is 2. The average Bonchev–Trinajstić information content (AvgIpc) is 3.19. The van der Waals surface area contributed by atoms with E-state index in [2.05, 4.69) is 36.5 Å². The van der Waals surface area contributed by atoms with E-state index in [9.17, 15) is 0 Å². The van der Waals surface area contributed by atoms with E-state index in [1.165, 1.54) is 24.0 Å². The summed E-state index contributed by atoms with van der Waals surface area (Å²) in [7, 11) is 1.76. The van der Waals surface area contributed by atoms with Crippen LogP contribution in [0.25, 0.3) is 0 Å². The Morgan fingerprint density at radius 2 is 2.00 bits per heavy atom. The first kappa shape index (κ1) is 12.6. The SMILES string of the molecule is CCC(COC)NCc1ccc(C2CC2)cc1. The van der Waals surface area contributed by atoms with E-state index in [1.807, 2.05) is 0 Å². The summed E-state index contributed by atoms with van der Waals surface area (Å²) in [6.07, 6.45) is 3.86. The molecule has 0 amide bonds. The molecule has 0 saturated heterocycles. The summed E-state index contributed by atoms with van der Waals surface area (Å²) < 4.78 is 5.18. The molecule has 1 aromatic rings. The molecule has 1 unspecified atom stereocenters. The fraction of sp³-hybridized carbons (Fsp3) is 0.600. The fourth-order valence-corrected chi connectivity index (χ4v) is 2.11. The second-order valence-electron chi connectivity index (χ2n) is 4.96. The molecule has 1 aliphatic rings. The number of rotatable bonds is 7. The van der Waals surface area contributed by atoms with Gasteiger partial charge in [-0.15, -0.1) is 0 Å². The lowest BCUT2D eigenvalue weighted by atomic mass is 10.1. The van der Waals surface area contributed by atoms with E-state index in [0.29, 0.717) is 6.04 Å². The maximum Gasteiger partial charge on any atom is 0.0615 e. The summed E-state index contributed by atoms with van der Waals surface area (Å²) in [5, 5.41) is 3.53. The Labute approximate surface area is 104 Å². The van der Waals surface area contributed by atoms with Gasteiger partial charge in [0.1, 0.15) is 0 Å². The van der Waals surface area contributed by atoms with Crippen LogP contribution in [0.15, 0.2) is 24.3 Å². The Bertz CT molecular complexity index is 329. The fourth-order valence-electron chi connectivity index (χ4n) is 2.11. The highest BCUT2D eigenvalue weighted by Gasteiger charge is 2.22. The maximum absolute atomic E-state index is 5.18.